The molecule has 0 aliphatic rings. The van der Waals surface area contributed by atoms with Gasteiger partial charge in [-0.3, -0.25) is 0 Å². The van der Waals surface area contributed by atoms with Crippen molar-refractivity contribution in [2.24, 2.45) is 7.05 Å². The highest BCUT2D eigenvalue weighted by Gasteiger charge is 2.31. The fourth-order valence-electron chi connectivity index (χ4n) is 1.31. The van der Waals surface area contributed by atoms with Gasteiger partial charge in [0.25, 0.3) is 0 Å². The number of nitro groups is 1. The zero-order chi connectivity index (χ0) is 11.1. The lowest BCUT2D eigenvalue weighted by atomic mass is 9.92. The summed E-state index contributed by atoms with van der Waals surface area (Å²) in [5.41, 5.74) is 0.247. The minimum atomic E-state index is -0.374. The van der Waals surface area contributed by atoms with Crippen LogP contribution in [0.25, 0.3) is 0 Å². The summed E-state index contributed by atoms with van der Waals surface area (Å²) in [7, 11) is 1.66. The molecule has 0 bridgehead atoms. The van der Waals surface area contributed by atoms with Gasteiger partial charge in [-0.2, -0.15) is 0 Å². The third kappa shape index (κ3) is 1.62. The Labute approximate surface area is 82.9 Å². The van der Waals surface area contributed by atoms with Crippen LogP contribution in [0.4, 0.5) is 5.82 Å². The fraction of sp³-hybridized carbons (Fsp3) is 0.667. The summed E-state index contributed by atoms with van der Waals surface area (Å²) in [5, 5.41) is 10.8. The van der Waals surface area contributed by atoms with Crippen molar-refractivity contribution in [1.29, 1.82) is 0 Å². The summed E-state index contributed by atoms with van der Waals surface area (Å²) < 4.78 is 1.51. The zero-order valence-corrected chi connectivity index (χ0v) is 9.16. The highest BCUT2D eigenvalue weighted by Crippen LogP contribution is 2.30. The van der Waals surface area contributed by atoms with Crippen LogP contribution in [0.5, 0.6) is 0 Å². The van der Waals surface area contributed by atoms with Gasteiger partial charge in [0.1, 0.15) is 5.69 Å². The summed E-state index contributed by atoms with van der Waals surface area (Å²) in [6.07, 6.45) is 0. The topological polar surface area (TPSA) is 61.0 Å². The second-order valence-corrected chi connectivity index (χ2v) is 4.40. The first kappa shape index (κ1) is 10.7. The Morgan fingerprint density at radius 3 is 2.21 bits per heavy atom. The molecule has 0 saturated carbocycles. The highest BCUT2D eigenvalue weighted by molar-refractivity contribution is 5.35. The zero-order valence-electron chi connectivity index (χ0n) is 9.16. The predicted molar refractivity (Wildman–Crippen MR) is 53.3 cm³/mol. The number of hydrogen-bond acceptors (Lipinski definition) is 3. The maximum Gasteiger partial charge on any atom is 0.346 e. The van der Waals surface area contributed by atoms with Crippen LogP contribution >= 0.6 is 0 Å². The van der Waals surface area contributed by atoms with Crippen LogP contribution in [-0.2, 0) is 12.5 Å². The van der Waals surface area contributed by atoms with Crippen molar-refractivity contribution in [3.05, 3.63) is 21.6 Å². The summed E-state index contributed by atoms with van der Waals surface area (Å²) in [5.74, 6) is 0.761. The molecule has 0 spiro atoms. The van der Waals surface area contributed by atoms with Crippen molar-refractivity contribution >= 4 is 5.82 Å². The van der Waals surface area contributed by atoms with Gasteiger partial charge in [0.15, 0.2) is 5.82 Å². The van der Waals surface area contributed by atoms with Crippen molar-refractivity contribution in [3.63, 3.8) is 0 Å². The molecule has 5 nitrogen and oxygen atoms in total. The lowest BCUT2D eigenvalue weighted by molar-refractivity contribution is -0.393. The first-order chi connectivity index (χ1) is 6.25. The molecule has 0 aliphatic heterocycles. The first-order valence-corrected chi connectivity index (χ1v) is 4.43. The lowest BCUT2D eigenvalue weighted by Gasteiger charge is -2.14. The molecular weight excluding hydrogens is 182 g/mol. The molecule has 1 aromatic heterocycles. The van der Waals surface area contributed by atoms with Crippen LogP contribution in [0.15, 0.2) is 0 Å². The van der Waals surface area contributed by atoms with Crippen LogP contribution in [0.3, 0.4) is 0 Å². The van der Waals surface area contributed by atoms with Gasteiger partial charge >= 0.3 is 5.82 Å². The van der Waals surface area contributed by atoms with E-state index >= 15 is 0 Å². The Morgan fingerprint density at radius 2 is 1.93 bits per heavy atom. The average Bonchev–Trinajstić information content (AvgIpc) is 2.27. The summed E-state index contributed by atoms with van der Waals surface area (Å²) in [6, 6.07) is 0. The lowest BCUT2D eigenvalue weighted by Crippen LogP contribution is -2.14. The minimum Gasteiger partial charge on any atom is -0.358 e. The van der Waals surface area contributed by atoms with Gasteiger partial charge in [-0.15, -0.1) is 0 Å². The number of aromatic nitrogens is 2. The smallest absolute Gasteiger partial charge is 0.346 e. The van der Waals surface area contributed by atoms with Crippen molar-refractivity contribution < 1.29 is 4.92 Å². The molecule has 1 aromatic rings. The van der Waals surface area contributed by atoms with Crippen molar-refractivity contribution in [2.75, 3.05) is 0 Å². The number of nitrogens with zero attached hydrogens (tertiary/aromatic N) is 3. The molecule has 14 heavy (non-hydrogen) atoms. The average molecular weight is 197 g/mol. The fourth-order valence-corrected chi connectivity index (χ4v) is 1.31. The Hall–Kier alpha value is -1.39. The molecule has 0 aromatic carbocycles. The number of hydrogen-bond donors (Lipinski definition) is 0. The van der Waals surface area contributed by atoms with Crippen LogP contribution in [-0.4, -0.2) is 14.5 Å². The second kappa shape index (κ2) is 3.08. The maximum absolute atomic E-state index is 10.8. The maximum atomic E-state index is 10.8. The Morgan fingerprint density at radius 1 is 1.43 bits per heavy atom. The standard InChI is InChI=1S/C9H15N3O2/c1-6-10-7(9(2,3)4)8(11(6)5)12(13)14/h1-5H3. The van der Waals surface area contributed by atoms with E-state index < -0.39 is 0 Å². The molecule has 0 unspecified atom stereocenters. The molecule has 0 N–H and O–H groups in total. The highest BCUT2D eigenvalue weighted by atomic mass is 16.6. The second-order valence-electron chi connectivity index (χ2n) is 4.40. The molecule has 0 radical (unpaired) electrons. The van der Waals surface area contributed by atoms with E-state index in [9.17, 15) is 10.1 Å². The van der Waals surface area contributed by atoms with Gasteiger partial charge < -0.3 is 10.1 Å². The Bertz CT molecular complexity index is 374. The van der Waals surface area contributed by atoms with Gasteiger partial charge in [0, 0.05) is 12.3 Å². The molecule has 0 fully saturated rings. The van der Waals surface area contributed by atoms with Crippen molar-refractivity contribution in [3.8, 4) is 0 Å². The Kier molecular flexibility index (Phi) is 2.35. The van der Waals surface area contributed by atoms with E-state index in [1.165, 1.54) is 4.57 Å². The van der Waals surface area contributed by atoms with Crippen LogP contribution < -0.4 is 0 Å². The van der Waals surface area contributed by atoms with Crippen LogP contribution in [0.1, 0.15) is 32.3 Å². The SMILES string of the molecule is Cc1nc(C(C)(C)C)c([N+](=O)[O-])n1C. The largest absolute Gasteiger partial charge is 0.358 e. The van der Waals surface area contributed by atoms with E-state index in [1.807, 2.05) is 20.8 Å². The monoisotopic (exact) mass is 197 g/mol. The number of rotatable bonds is 1. The molecule has 1 heterocycles. The Balaban J connectivity index is 3.45. The van der Waals surface area contributed by atoms with E-state index in [-0.39, 0.29) is 16.2 Å². The van der Waals surface area contributed by atoms with E-state index in [4.69, 9.17) is 0 Å². The van der Waals surface area contributed by atoms with E-state index in [0.29, 0.717) is 11.5 Å². The molecule has 78 valence electrons. The molecule has 0 amide bonds. The third-order valence-electron chi connectivity index (χ3n) is 2.17. The summed E-state index contributed by atoms with van der Waals surface area (Å²) >= 11 is 0. The minimum absolute atomic E-state index is 0.0926. The quantitative estimate of drug-likeness (QED) is 0.510. The molecule has 5 heteroatoms. The number of aryl methyl sites for hydroxylation is 1. The van der Waals surface area contributed by atoms with Gasteiger partial charge in [-0.05, 0) is 4.92 Å². The third-order valence-corrected chi connectivity index (χ3v) is 2.17. The molecule has 0 aliphatic carbocycles. The van der Waals surface area contributed by atoms with E-state index in [0.717, 1.165) is 0 Å². The summed E-state index contributed by atoms with van der Waals surface area (Å²) in [4.78, 5) is 14.7. The number of imidazole rings is 1. The molecule has 1 rings (SSSR count). The van der Waals surface area contributed by atoms with E-state index in [1.54, 1.807) is 14.0 Å². The van der Waals surface area contributed by atoms with Crippen LogP contribution in [0.2, 0.25) is 0 Å². The normalized spacial score (nSPS) is 11.8. The molecular formula is C9H15N3O2. The van der Waals surface area contributed by atoms with Crippen molar-refractivity contribution in [2.45, 2.75) is 33.1 Å². The first-order valence-electron chi connectivity index (χ1n) is 4.43. The predicted octanol–water partition coefficient (Wildman–Crippen LogP) is 1.93. The van der Waals surface area contributed by atoms with Crippen LogP contribution in [0, 0.1) is 17.0 Å². The molecule has 0 atom stereocenters. The van der Waals surface area contributed by atoms with E-state index in [2.05, 4.69) is 4.98 Å². The van der Waals surface area contributed by atoms with Crippen molar-refractivity contribution in [1.82, 2.24) is 9.55 Å². The summed E-state index contributed by atoms with van der Waals surface area (Å²) in [6.45, 7) is 7.52. The molecule has 0 saturated heterocycles. The van der Waals surface area contributed by atoms with Gasteiger partial charge in [-0.1, -0.05) is 20.8 Å². The van der Waals surface area contributed by atoms with Gasteiger partial charge in [-0.25, -0.2) is 9.55 Å². The van der Waals surface area contributed by atoms with Gasteiger partial charge in [0.2, 0.25) is 0 Å². The van der Waals surface area contributed by atoms with Gasteiger partial charge in [0.05, 0.1) is 7.05 Å².